The maximum Gasteiger partial charge on any atom is 0.409 e. The molecule has 1 aliphatic carbocycles. The van der Waals surface area contributed by atoms with Crippen LogP contribution in [0.15, 0.2) is 0 Å². The quantitative estimate of drug-likeness (QED) is 0.867. The Morgan fingerprint density at radius 2 is 1.76 bits per heavy atom. The van der Waals surface area contributed by atoms with Gasteiger partial charge in [-0.15, -0.1) is 0 Å². The van der Waals surface area contributed by atoms with Crippen LogP contribution in [0.3, 0.4) is 0 Å². The monoisotopic (exact) mass is 296 g/mol. The zero-order valence-electron chi connectivity index (χ0n) is 13.1. The molecule has 1 saturated carbocycles. The number of likely N-dealkylation sites (tertiary alicyclic amines) is 1. The van der Waals surface area contributed by atoms with E-state index in [1.165, 1.54) is 32.1 Å². The third kappa shape index (κ3) is 5.21. The first kappa shape index (κ1) is 16.1. The van der Waals surface area contributed by atoms with Crippen molar-refractivity contribution in [2.24, 2.45) is 5.92 Å². The average molecular weight is 296 g/mol. The highest BCUT2D eigenvalue weighted by Crippen LogP contribution is 2.26. The molecule has 2 aliphatic rings. The van der Waals surface area contributed by atoms with Crippen LogP contribution in [-0.4, -0.2) is 42.6 Å². The van der Waals surface area contributed by atoms with E-state index in [0.29, 0.717) is 32.0 Å². The molecule has 0 aromatic carbocycles. The van der Waals surface area contributed by atoms with Crippen LogP contribution in [-0.2, 0) is 9.53 Å². The number of hydrogen-bond donors (Lipinski definition) is 1. The average Bonchev–Trinajstić information content (AvgIpc) is 2.49. The minimum atomic E-state index is -0.232. The molecule has 1 aliphatic heterocycles. The Morgan fingerprint density at radius 3 is 2.38 bits per heavy atom. The third-order valence-corrected chi connectivity index (χ3v) is 4.58. The van der Waals surface area contributed by atoms with Gasteiger partial charge in [-0.2, -0.15) is 0 Å². The maximum absolute atomic E-state index is 12.1. The number of hydrogen-bond acceptors (Lipinski definition) is 3. The second-order valence-corrected chi connectivity index (χ2v) is 6.24. The lowest BCUT2D eigenvalue weighted by Gasteiger charge is -2.32. The molecule has 2 rings (SSSR count). The van der Waals surface area contributed by atoms with Crippen molar-refractivity contribution in [1.29, 1.82) is 0 Å². The molecule has 21 heavy (non-hydrogen) atoms. The summed E-state index contributed by atoms with van der Waals surface area (Å²) in [7, 11) is 0. The van der Waals surface area contributed by atoms with Crippen molar-refractivity contribution in [2.75, 3.05) is 19.7 Å². The lowest BCUT2D eigenvalue weighted by molar-refractivity contribution is -0.123. The highest BCUT2D eigenvalue weighted by molar-refractivity contribution is 5.76. The van der Waals surface area contributed by atoms with Crippen LogP contribution in [0.25, 0.3) is 0 Å². The first-order chi connectivity index (χ1) is 10.2. The first-order valence-electron chi connectivity index (χ1n) is 8.40. The van der Waals surface area contributed by atoms with Crippen molar-refractivity contribution < 1.29 is 14.3 Å². The molecular formula is C16H28N2O3. The second-order valence-electron chi connectivity index (χ2n) is 6.24. The number of ether oxygens (including phenoxy) is 1. The normalized spacial score (nSPS) is 21.1. The van der Waals surface area contributed by atoms with E-state index in [-0.39, 0.29) is 18.0 Å². The Balaban J connectivity index is 1.65. The molecule has 5 nitrogen and oxygen atoms in total. The van der Waals surface area contributed by atoms with Gasteiger partial charge in [-0.25, -0.2) is 4.79 Å². The Kier molecular flexibility index (Phi) is 6.33. The largest absolute Gasteiger partial charge is 0.450 e. The predicted octanol–water partition coefficient (Wildman–Crippen LogP) is 2.69. The van der Waals surface area contributed by atoms with Crippen molar-refractivity contribution in [1.82, 2.24) is 10.2 Å². The summed E-state index contributed by atoms with van der Waals surface area (Å²) < 4.78 is 5.00. The summed E-state index contributed by atoms with van der Waals surface area (Å²) in [5.41, 5.74) is 0. The molecule has 1 N–H and O–H groups in total. The topological polar surface area (TPSA) is 58.6 Å². The molecular weight excluding hydrogens is 268 g/mol. The fourth-order valence-corrected chi connectivity index (χ4v) is 3.36. The third-order valence-electron chi connectivity index (χ3n) is 4.58. The fraction of sp³-hybridized carbons (Fsp3) is 0.875. The standard InChI is InChI=1S/C16H28N2O3/c1-2-21-16(20)18-10-8-14(9-11-18)17-15(19)12-13-6-4-3-5-7-13/h13-14H,2-12H2,1H3,(H,17,19). The number of carbonyl (C=O) groups is 2. The molecule has 2 fully saturated rings. The summed E-state index contributed by atoms with van der Waals surface area (Å²) >= 11 is 0. The van der Waals surface area contributed by atoms with Crippen LogP contribution < -0.4 is 5.32 Å². The molecule has 2 amide bonds. The number of rotatable bonds is 4. The number of amides is 2. The second kappa shape index (κ2) is 8.25. The molecule has 120 valence electrons. The molecule has 1 saturated heterocycles. The van der Waals surface area contributed by atoms with Gasteiger partial charge >= 0.3 is 6.09 Å². The molecule has 0 aromatic heterocycles. The van der Waals surface area contributed by atoms with Crippen LogP contribution in [0.4, 0.5) is 4.79 Å². The van der Waals surface area contributed by atoms with Gasteiger partial charge in [0.2, 0.25) is 5.91 Å². The summed E-state index contributed by atoms with van der Waals surface area (Å²) in [4.78, 5) is 25.4. The number of nitrogens with zero attached hydrogens (tertiary/aromatic N) is 1. The van der Waals surface area contributed by atoms with Crippen molar-refractivity contribution >= 4 is 12.0 Å². The van der Waals surface area contributed by atoms with E-state index in [4.69, 9.17) is 4.74 Å². The van der Waals surface area contributed by atoms with E-state index in [0.717, 1.165) is 12.8 Å². The highest BCUT2D eigenvalue weighted by atomic mass is 16.6. The summed E-state index contributed by atoms with van der Waals surface area (Å²) in [5.74, 6) is 0.773. The summed E-state index contributed by atoms with van der Waals surface area (Å²) in [5, 5.41) is 3.14. The van der Waals surface area contributed by atoms with E-state index >= 15 is 0 Å². The molecule has 0 radical (unpaired) electrons. The molecule has 0 bridgehead atoms. The van der Waals surface area contributed by atoms with Gasteiger partial charge in [-0.3, -0.25) is 4.79 Å². The minimum absolute atomic E-state index is 0.191. The van der Waals surface area contributed by atoms with E-state index < -0.39 is 0 Å². The van der Waals surface area contributed by atoms with Gasteiger partial charge in [0, 0.05) is 25.6 Å². The summed E-state index contributed by atoms with van der Waals surface area (Å²) in [6.45, 7) is 3.58. The zero-order chi connectivity index (χ0) is 15.1. The van der Waals surface area contributed by atoms with Gasteiger partial charge in [0.1, 0.15) is 0 Å². The van der Waals surface area contributed by atoms with Crippen LogP contribution in [0.5, 0.6) is 0 Å². The van der Waals surface area contributed by atoms with Crippen molar-refractivity contribution in [2.45, 2.75) is 64.3 Å². The molecule has 0 atom stereocenters. The molecule has 0 aromatic rings. The van der Waals surface area contributed by atoms with Gasteiger partial charge < -0.3 is 15.0 Å². The van der Waals surface area contributed by atoms with Gasteiger partial charge in [0.25, 0.3) is 0 Å². The maximum atomic E-state index is 12.1. The number of piperidine rings is 1. The zero-order valence-corrected chi connectivity index (χ0v) is 13.1. The summed E-state index contributed by atoms with van der Waals surface area (Å²) in [6.07, 6.45) is 8.38. The van der Waals surface area contributed by atoms with E-state index in [9.17, 15) is 9.59 Å². The Morgan fingerprint density at radius 1 is 1.10 bits per heavy atom. The Bertz CT molecular complexity index is 345. The number of carbonyl (C=O) groups excluding carboxylic acids is 2. The molecule has 0 unspecified atom stereocenters. The first-order valence-corrected chi connectivity index (χ1v) is 8.40. The van der Waals surface area contributed by atoms with E-state index in [1.54, 1.807) is 4.90 Å². The predicted molar refractivity (Wildman–Crippen MR) is 81.0 cm³/mol. The fourth-order valence-electron chi connectivity index (χ4n) is 3.36. The lowest BCUT2D eigenvalue weighted by atomic mass is 9.86. The SMILES string of the molecule is CCOC(=O)N1CCC(NC(=O)CC2CCCCC2)CC1. The van der Waals surface area contributed by atoms with Crippen molar-refractivity contribution in [3.8, 4) is 0 Å². The minimum Gasteiger partial charge on any atom is -0.450 e. The molecule has 1 heterocycles. The van der Waals surface area contributed by atoms with Crippen molar-refractivity contribution in [3.63, 3.8) is 0 Å². The van der Waals surface area contributed by atoms with Crippen LogP contribution in [0.2, 0.25) is 0 Å². The smallest absolute Gasteiger partial charge is 0.409 e. The van der Waals surface area contributed by atoms with Crippen LogP contribution in [0.1, 0.15) is 58.3 Å². The Labute approximate surface area is 127 Å². The van der Waals surface area contributed by atoms with Crippen LogP contribution >= 0.6 is 0 Å². The Hall–Kier alpha value is -1.26. The summed E-state index contributed by atoms with van der Waals surface area (Å²) in [6, 6.07) is 0.215. The van der Waals surface area contributed by atoms with Crippen molar-refractivity contribution in [3.05, 3.63) is 0 Å². The van der Waals surface area contributed by atoms with Gasteiger partial charge in [0.05, 0.1) is 6.61 Å². The number of nitrogens with one attached hydrogen (secondary N) is 1. The highest BCUT2D eigenvalue weighted by Gasteiger charge is 2.25. The molecule has 5 heteroatoms. The van der Waals surface area contributed by atoms with E-state index in [2.05, 4.69) is 5.32 Å². The van der Waals surface area contributed by atoms with E-state index in [1.807, 2.05) is 6.92 Å². The van der Waals surface area contributed by atoms with Gasteiger partial charge in [-0.1, -0.05) is 19.3 Å². The molecule has 0 spiro atoms. The van der Waals surface area contributed by atoms with Crippen LogP contribution in [0, 0.1) is 5.92 Å². The van der Waals surface area contributed by atoms with Gasteiger partial charge in [0.15, 0.2) is 0 Å². The van der Waals surface area contributed by atoms with Gasteiger partial charge in [-0.05, 0) is 38.5 Å². The lowest BCUT2D eigenvalue weighted by Crippen LogP contribution is -2.47.